The van der Waals surface area contributed by atoms with Crippen LogP contribution >= 0.6 is 0 Å². The third-order valence-electron chi connectivity index (χ3n) is 7.04. The van der Waals surface area contributed by atoms with Crippen LogP contribution in [0.25, 0.3) is 5.57 Å². The number of hydrogen-bond acceptors (Lipinski definition) is 2. The van der Waals surface area contributed by atoms with Crippen molar-refractivity contribution in [3.8, 4) is 5.75 Å². The van der Waals surface area contributed by atoms with E-state index < -0.39 is 5.97 Å². The van der Waals surface area contributed by atoms with E-state index in [1.165, 1.54) is 19.3 Å². The summed E-state index contributed by atoms with van der Waals surface area (Å²) < 4.78 is 5.26. The highest BCUT2D eigenvalue weighted by Crippen LogP contribution is 2.63. The molecular weight excluding hydrogens is 348 g/mol. The number of hydrogen-bond donors (Lipinski definition) is 1. The van der Waals surface area contributed by atoms with Crippen LogP contribution in [-0.2, 0) is 4.79 Å². The number of carboxylic acids is 1. The second kappa shape index (κ2) is 7.62. The molecule has 0 spiro atoms. The Balaban J connectivity index is 1.86. The first-order valence-electron chi connectivity index (χ1n) is 10.5. The van der Waals surface area contributed by atoms with Crippen LogP contribution in [0, 0.1) is 23.2 Å². The number of aliphatic carboxylic acids is 1. The lowest BCUT2D eigenvalue weighted by atomic mass is 9.47. The fraction of sp³-hybridized carbons (Fsp3) is 0.480. The van der Waals surface area contributed by atoms with Crippen molar-refractivity contribution in [3.63, 3.8) is 0 Å². The molecule has 0 heterocycles. The molecule has 1 N–H and O–H groups in total. The van der Waals surface area contributed by atoms with Gasteiger partial charge in [0.05, 0.1) is 12.7 Å². The minimum absolute atomic E-state index is 0.0144. The number of carbonyl (C=O) groups is 1. The molecule has 0 radical (unpaired) electrons. The Morgan fingerprint density at radius 3 is 2.07 bits per heavy atom. The van der Waals surface area contributed by atoms with Gasteiger partial charge < -0.3 is 9.84 Å². The number of benzene rings is 1. The van der Waals surface area contributed by atoms with Crippen LogP contribution in [0.1, 0.15) is 51.0 Å². The maximum atomic E-state index is 12.5. The standard InChI is InChI=1S/C25H30O3/c1-3-4-5-6-22(23(24(26)27)20-7-9-21(28-2)10-8-20)25-14-17-11-18(15-25)13-19(12-17)16-25/h3-10,17-19H,11-16H2,1-2H3,(H,26,27). The van der Waals surface area contributed by atoms with Gasteiger partial charge in [0.2, 0.25) is 0 Å². The SMILES string of the molecule is CC=CC=CC(=C(C(=O)O)c1ccc(OC)cc1)C12CC3CC(CC(C3)C1)C2. The van der Waals surface area contributed by atoms with E-state index in [1.807, 2.05) is 49.4 Å². The molecule has 0 unspecified atom stereocenters. The maximum absolute atomic E-state index is 12.5. The first-order chi connectivity index (χ1) is 13.5. The minimum atomic E-state index is -0.832. The third-order valence-corrected chi connectivity index (χ3v) is 7.04. The van der Waals surface area contributed by atoms with Gasteiger partial charge in [-0.25, -0.2) is 4.79 Å². The lowest BCUT2D eigenvalue weighted by molar-refractivity contribution is -0.130. The Bertz CT molecular complexity index is 791. The predicted molar refractivity (Wildman–Crippen MR) is 112 cm³/mol. The second-order valence-electron chi connectivity index (χ2n) is 8.91. The third kappa shape index (κ3) is 3.43. The average molecular weight is 379 g/mol. The molecule has 4 fully saturated rings. The van der Waals surface area contributed by atoms with Crippen LogP contribution in [0.5, 0.6) is 5.75 Å². The molecule has 148 valence electrons. The summed E-state index contributed by atoms with van der Waals surface area (Å²) in [5.74, 6) is 2.21. The first-order valence-corrected chi connectivity index (χ1v) is 10.5. The fourth-order valence-corrected chi connectivity index (χ4v) is 6.38. The molecule has 3 nitrogen and oxygen atoms in total. The molecule has 0 aromatic heterocycles. The second-order valence-corrected chi connectivity index (χ2v) is 8.91. The van der Waals surface area contributed by atoms with Gasteiger partial charge in [-0.15, -0.1) is 0 Å². The fourth-order valence-electron chi connectivity index (χ4n) is 6.38. The van der Waals surface area contributed by atoms with Crippen molar-refractivity contribution in [2.24, 2.45) is 23.2 Å². The molecule has 1 aromatic carbocycles. The molecular formula is C25H30O3. The number of carboxylic acid groups (broad SMARTS) is 1. The van der Waals surface area contributed by atoms with Gasteiger partial charge >= 0.3 is 5.97 Å². The van der Waals surface area contributed by atoms with E-state index in [4.69, 9.17) is 4.74 Å². The van der Waals surface area contributed by atoms with Gasteiger partial charge in [0.15, 0.2) is 0 Å². The van der Waals surface area contributed by atoms with Gasteiger partial charge in [0.25, 0.3) is 0 Å². The molecule has 4 bridgehead atoms. The molecule has 28 heavy (non-hydrogen) atoms. The van der Waals surface area contributed by atoms with Crippen molar-refractivity contribution in [2.45, 2.75) is 45.4 Å². The van der Waals surface area contributed by atoms with E-state index in [-0.39, 0.29) is 5.41 Å². The molecule has 4 aliphatic rings. The van der Waals surface area contributed by atoms with Gasteiger partial charge in [-0.3, -0.25) is 0 Å². The molecule has 3 heteroatoms. The van der Waals surface area contributed by atoms with Gasteiger partial charge in [-0.2, -0.15) is 0 Å². The van der Waals surface area contributed by atoms with Crippen molar-refractivity contribution in [2.75, 3.05) is 7.11 Å². The van der Waals surface area contributed by atoms with Crippen molar-refractivity contribution >= 4 is 11.5 Å². The Labute approximate surface area is 167 Å². The van der Waals surface area contributed by atoms with E-state index in [2.05, 4.69) is 6.08 Å². The highest BCUT2D eigenvalue weighted by molar-refractivity contribution is 6.17. The number of allylic oxidation sites excluding steroid dienone is 5. The molecule has 4 saturated carbocycles. The zero-order chi connectivity index (χ0) is 19.7. The van der Waals surface area contributed by atoms with Crippen LogP contribution in [0.15, 0.2) is 54.1 Å². The van der Waals surface area contributed by atoms with Crippen LogP contribution in [0.3, 0.4) is 0 Å². The minimum Gasteiger partial charge on any atom is -0.497 e. The van der Waals surface area contributed by atoms with E-state index in [1.54, 1.807) is 7.11 Å². The Morgan fingerprint density at radius 2 is 1.61 bits per heavy atom. The number of rotatable bonds is 6. The quantitative estimate of drug-likeness (QED) is 0.496. The summed E-state index contributed by atoms with van der Waals surface area (Å²) in [4.78, 5) is 12.5. The largest absolute Gasteiger partial charge is 0.497 e. The summed E-state index contributed by atoms with van der Waals surface area (Å²) in [7, 11) is 1.63. The molecule has 0 aliphatic heterocycles. The predicted octanol–water partition coefficient (Wildman–Crippen LogP) is 5.88. The number of methoxy groups -OCH3 is 1. The normalized spacial score (nSPS) is 32.1. The zero-order valence-corrected chi connectivity index (χ0v) is 16.9. The molecule has 0 amide bonds. The van der Waals surface area contributed by atoms with E-state index in [0.717, 1.165) is 53.9 Å². The van der Waals surface area contributed by atoms with Crippen LogP contribution < -0.4 is 4.74 Å². The van der Waals surface area contributed by atoms with E-state index in [0.29, 0.717) is 5.57 Å². The number of ether oxygens (including phenoxy) is 1. The lowest BCUT2D eigenvalue weighted by Gasteiger charge is -2.57. The summed E-state index contributed by atoms with van der Waals surface area (Å²) in [6.45, 7) is 1.99. The summed E-state index contributed by atoms with van der Waals surface area (Å²) in [6, 6.07) is 7.47. The zero-order valence-electron chi connectivity index (χ0n) is 16.9. The topological polar surface area (TPSA) is 46.5 Å². The summed E-state index contributed by atoms with van der Waals surface area (Å²) in [6.07, 6.45) is 15.5. The molecule has 4 aliphatic carbocycles. The summed E-state index contributed by atoms with van der Waals surface area (Å²) >= 11 is 0. The Kier molecular flexibility index (Phi) is 5.18. The van der Waals surface area contributed by atoms with Crippen LogP contribution in [0.2, 0.25) is 0 Å². The van der Waals surface area contributed by atoms with Gasteiger partial charge in [-0.05, 0) is 91.9 Å². The highest BCUT2D eigenvalue weighted by atomic mass is 16.5. The average Bonchev–Trinajstić information content (AvgIpc) is 2.66. The Morgan fingerprint density at radius 1 is 1.04 bits per heavy atom. The maximum Gasteiger partial charge on any atom is 0.336 e. The van der Waals surface area contributed by atoms with Crippen molar-refractivity contribution in [1.82, 2.24) is 0 Å². The van der Waals surface area contributed by atoms with Crippen molar-refractivity contribution < 1.29 is 14.6 Å². The molecule has 0 atom stereocenters. The van der Waals surface area contributed by atoms with Crippen LogP contribution in [-0.4, -0.2) is 18.2 Å². The highest BCUT2D eigenvalue weighted by Gasteiger charge is 2.52. The van der Waals surface area contributed by atoms with Gasteiger partial charge in [0, 0.05) is 0 Å². The molecule has 0 saturated heterocycles. The lowest BCUT2D eigenvalue weighted by Crippen LogP contribution is -2.47. The molecule has 5 rings (SSSR count). The van der Waals surface area contributed by atoms with Crippen molar-refractivity contribution in [1.29, 1.82) is 0 Å². The van der Waals surface area contributed by atoms with Crippen LogP contribution in [0.4, 0.5) is 0 Å². The van der Waals surface area contributed by atoms with Crippen molar-refractivity contribution in [3.05, 3.63) is 59.7 Å². The molecule has 1 aromatic rings. The first kappa shape index (κ1) is 19.0. The smallest absolute Gasteiger partial charge is 0.336 e. The van der Waals surface area contributed by atoms with E-state index >= 15 is 0 Å². The Hall–Kier alpha value is -2.29. The van der Waals surface area contributed by atoms with E-state index in [9.17, 15) is 9.90 Å². The summed E-state index contributed by atoms with van der Waals surface area (Å²) in [5, 5.41) is 10.2. The summed E-state index contributed by atoms with van der Waals surface area (Å²) in [5.41, 5.74) is 2.28. The van der Waals surface area contributed by atoms with Gasteiger partial charge in [-0.1, -0.05) is 36.4 Å². The monoisotopic (exact) mass is 378 g/mol. The van der Waals surface area contributed by atoms with Gasteiger partial charge in [0.1, 0.15) is 5.75 Å².